The van der Waals surface area contributed by atoms with Gasteiger partial charge in [-0.2, -0.15) is 11.8 Å². The van der Waals surface area contributed by atoms with Crippen molar-refractivity contribution in [1.29, 1.82) is 0 Å². The predicted molar refractivity (Wildman–Crippen MR) is 178 cm³/mol. The molecule has 0 aliphatic carbocycles. The van der Waals surface area contributed by atoms with Crippen LogP contribution < -0.4 is 21.7 Å². The Bertz CT molecular complexity index is 1630. The molecule has 0 bridgehead atoms. The van der Waals surface area contributed by atoms with E-state index >= 15 is 0 Å². The van der Waals surface area contributed by atoms with Crippen LogP contribution in [0.15, 0.2) is 60.9 Å². The van der Waals surface area contributed by atoms with Crippen LogP contribution in [0.5, 0.6) is 0 Å². The number of carbonyl (C=O) groups is 4. The fourth-order valence-electron chi connectivity index (χ4n) is 5.35. The van der Waals surface area contributed by atoms with Gasteiger partial charge in [0.1, 0.15) is 18.1 Å². The second kappa shape index (κ2) is 15.6. The molecule has 0 spiro atoms. The number of thioether (sulfide) groups is 1. The maximum Gasteiger partial charge on any atom is 0.326 e. The van der Waals surface area contributed by atoms with Crippen molar-refractivity contribution >= 4 is 57.3 Å². The number of aromatic nitrogens is 2. The Labute approximate surface area is 266 Å². The molecule has 3 amide bonds. The number of aromatic amines is 2. The number of fused-ring (bicyclic) bond motifs is 2. The molecule has 4 rings (SSSR count). The number of benzene rings is 2. The number of carbonyl (C=O) groups excluding carboxylic acids is 3. The molecule has 12 heteroatoms. The Hall–Kier alpha value is -4.29. The van der Waals surface area contributed by atoms with Gasteiger partial charge in [0.05, 0.1) is 6.04 Å². The molecule has 0 fully saturated rings. The standard InChI is InChI=1S/C33H42N6O5S/c1-19(2)14-27(37-30(40)24(34)12-13-45-3)31(41)38-28(15-20-17-35-25-10-6-4-8-22(20)25)32(42)39-29(33(43)44)16-21-18-36-26-11-7-5-9-23(21)26/h4-11,17-19,24,27-29,35-36H,12-16,34H2,1-3H3,(H,37,40)(H,38,41)(H,39,42)(H,43,44). The van der Waals surface area contributed by atoms with Crippen molar-refractivity contribution < 1.29 is 24.3 Å². The monoisotopic (exact) mass is 634 g/mol. The van der Waals surface area contributed by atoms with Crippen LogP contribution in [0.25, 0.3) is 21.8 Å². The molecule has 2 aromatic heterocycles. The number of rotatable bonds is 16. The molecule has 0 aliphatic rings. The smallest absolute Gasteiger partial charge is 0.326 e. The van der Waals surface area contributed by atoms with Crippen molar-refractivity contribution in [3.05, 3.63) is 72.1 Å². The minimum atomic E-state index is -1.25. The Morgan fingerprint density at radius 3 is 1.80 bits per heavy atom. The number of para-hydroxylation sites is 2. The quantitative estimate of drug-likeness (QED) is 0.0988. The average molecular weight is 635 g/mol. The van der Waals surface area contributed by atoms with Crippen LogP contribution in [0.3, 0.4) is 0 Å². The Balaban J connectivity index is 1.57. The number of H-pyrrole nitrogens is 2. The van der Waals surface area contributed by atoms with E-state index in [1.165, 1.54) is 0 Å². The van der Waals surface area contributed by atoms with Gasteiger partial charge in [0.25, 0.3) is 0 Å². The van der Waals surface area contributed by atoms with Crippen molar-refractivity contribution in [1.82, 2.24) is 25.9 Å². The third-order valence-corrected chi connectivity index (χ3v) is 8.40. The van der Waals surface area contributed by atoms with Gasteiger partial charge < -0.3 is 36.8 Å². The highest BCUT2D eigenvalue weighted by atomic mass is 32.2. The number of hydrogen-bond donors (Lipinski definition) is 7. The van der Waals surface area contributed by atoms with E-state index in [-0.39, 0.29) is 18.8 Å². The molecule has 0 radical (unpaired) electrons. The van der Waals surface area contributed by atoms with Crippen molar-refractivity contribution in [2.75, 3.05) is 12.0 Å². The van der Waals surface area contributed by atoms with Gasteiger partial charge in [0, 0.05) is 47.0 Å². The van der Waals surface area contributed by atoms with E-state index in [2.05, 4.69) is 25.9 Å². The van der Waals surface area contributed by atoms with E-state index in [4.69, 9.17) is 5.73 Å². The fraction of sp³-hybridized carbons (Fsp3) is 0.394. The minimum Gasteiger partial charge on any atom is -0.480 e. The van der Waals surface area contributed by atoms with E-state index in [1.54, 1.807) is 24.2 Å². The molecule has 2 aromatic carbocycles. The van der Waals surface area contributed by atoms with Gasteiger partial charge in [0.2, 0.25) is 17.7 Å². The third-order valence-electron chi connectivity index (χ3n) is 7.76. The normalized spacial score (nSPS) is 14.2. The summed E-state index contributed by atoms with van der Waals surface area (Å²) in [6.45, 7) is 3.86. The van der Waals surface area contributed by atoms with Gasteiger partial charge >= 0.3 is 5.97 Å². The van der Waals surface area contributed by atoms with Crippen LogP contribution in [0.1, 0.15) is 37.8 Å². The Morgan fingerprint density at radius 1 is 0.778 bits per heavy atom. The third kappa shape index (κ3) is 8.89. The van der Waals surface area contributed by atoms with E-state index in [1.807, 2.05) is 68.6 Å². The summed E-state index contributed by atoms with van der Waals surface area (Å²) in [7, 11) is 0. The van der Waals surface area contributed by atoms with Gasteiger partial charge in [-0.1, -0.05) is 50.2 Å². The summed E-state index contributed by atoms with van der Waals surface area (Å²) >= 11 is 1.58. The summed E-state index contributed by atoms with van der Waals surface area (Å²) in [5.41, 5.74) is 9.31. The van der Waals surface area contributed by atoms with Crippen LogP contribution in [-0.4, -0.2) is 74.9 Å². The lowest BCUT2D eigenvalue weighted by Gasteiger charge is -2.26. The first-order chi connectivity index (χ1) is 21.6. The average Bonchev–Trinajstić information content (AvgIpc) is 3.62. The summed E-state index contributed by atoms with van der Waals surface area (Å²) < 4.78 is 0. The molecular formula is C33H42N6O5S. The number of aliphatic carboxylic acids is 1. The molecule has 8 N–H and O–H groups in total. The lowest BCUT2D eigenvalue weighted by molar-refractivity contribution is -0.142. The highest BCUT2D eigenvalue weighted by Crippen LogP contribution is 2.21. The molecule has 11 nitrogen and oxygen atoms in total. The predicted octanol–water partition coefficient (Wildman–Crippen LogP) is 3.10. The summed E-state index contributed by atoms with van der Waals surface area (Å²) in [5, 5.41) is 20.1. The molecule has 0 saturated carbocycles. The van der Waals surface area contributed by atoms with Crippen LogP contribution in [0, 0.1) is 5.92 Å². The van der Waals surface area contributed by atoms with E-state index in [0.717, 1.165) is 32.9 Å². The van der Waals surface area contributed by atoms with Crippen molar-refractivity contribution in [3.63, 3.8) is 0 Å². The molecule has 45 heavy (non-hydrogen) atoms. The van der Waals surface area contributed by atoms with Gasteiger partial charge in [0.15, 0.2) is 0 Å². The maximum atomic E-state index is 13.8. The van der Waals surface area contributed by atoms with Gasteiger partial charge in [-0.25, -0.2) is 4.79 Å². The van der Waals surface area contributed by atoms with Gasteiger partial charge in [-0.05, 0) is 54.0 Å². The van der Waals surface area contributed by atoms with Crippen molar-refractivity contribution in [2.45, 2.75) is 63.7 Å². The first kappa shape index (κ1) is 33.6. The number of amides is 3. The summed E-state index contributed by atoms with van der Waals surface area (Å²) in [6, 6.07) is 11.0. The Kier molecular flexibility index (Phi) is 11.7. The molecule has 0 aliphatic heterocycles. The van der Waals surface area contributed by atoms with Gasteiger partial charge in [-0.15, -0.1) is 0 Å². The zero-order valence-corrected chi connectivity index (χ0v) is 26.6. The topological polar surface area (TPSA) is 182 Å². The van der Waals surface area contributed by atoms with Crippen molar-refractivity contribution in [3.8, 4) is 0 Å². The number of carboxylic acids is 1. The van der Waals surface area contributed by atoms with E-state index in [0.29, 0.717) is 18.6 Å². The van der Waals surface area contributed by atoms with Crippen LogP contribution in [0.4, 0.5) is 0 Å². The molecular weight excluding hydrogens is 592 g/mol. The fourth-order valence-corrected chi connectivity index (χ4v) is 5.84. The number of carboxylic acid groups (broad SMARTS) is 1. The summed E-state index contributed by atoms with van der Waals surface area (Å²) in [4.78, 5) is 59.0. The zero-order valence-electron chi connectivity index (χ0n) is 25.8. The van der Waals surface area contributed by atoms with E-state index in [9.17, 15) is 24.3 Å². The summed E-state index contributed by atoms with van der Waals surface area (Å²) in [5.74, 6) is -2.07. The molecule has 2 heterocycles. The lowest BCUT2D eigenvalue weighted by Crippen LogP contribution is -2.58. The highest BCUT2D eigenvalue weighted by Gasteiger charge is 2.31. The second-order valence-electron chi connectivity index (χ2n) is 11.7. The number of nitrogens with one attached hydrogen (secondary N) is 5. The molecule has 4 aromatic rings. The Morgan fingerprint density at radius 2 is 1.27 bits per heavy atom. The molecule has 4 unspecified atom stereocenters. The van der Waals surface area contributed by atoms with E-state index < -0.39 is 47.9 Å². The molecule has 4 atom stereocenters. The second-order valence-corrected chi connectivity index (χ2v) is 12.7. The maximum absolute atomic E-state index is 13.8. The minimum absolute atomic E-state index is 0.0405. The first-order valence-corrected chi connectivity index (χ1v) is 16.4. The van der Waals surface area contributed by atoms with Crippen molar-refractivity contribution in [2.24, 2.45) is 11.7 Å². The van der Waals surface area contributed by atoms with Crippen LogP contribution >= 0.6 is 11.8 Å². The lowest BCUT2D eigenvalue weighted by atomic mass is 9.99. The number of nitrogens with two attached hydrogens (primary N) is 1. The largest absolute Gasteiger partial charge is 0.480 e. The molecule has 240 valence electrons. The SMILES string of the molecule is CSCCC(N)C(=O)NC(CC(C)C)C(=O)NC(Cc1c[nH]c2ccccc12)C(=O)NC(Cc1c[nH]c2ccccc12)C(=O)O. The molecule has 0 saturated heterocycles. The number of hydrogen-bond acceptors (Lipinski definition) is 6. The van der Waals surface area contributed by atoms with Crippen LogP contribution in [0.2, 0.25) is 0 Å². The summed E-state index contributed by atoms with van der Waals surface area (Å²) in [6.07, 6.45) is 6.36. The van der Waals surface area contributed by atoms with Crippen LogP contribution in [-0.2, 0) is 32.0 Å². The first-order valence-electron chi connectivity index (χ1n) is 15.1. The highest BCUT2D eigenvalue weighted by molar-refractivity contribution is 7.98. The van der Waals surface area contributed by atoms with Gasteiger partial charge in [-0.3, -0.25) is 14.4 Å². The zero-order chi connectivity index (χ0) is 32.5.